The minimum Gasteiger partial charge on any atom is -0.493 e. The molecule has 0 aliphatic carbocycles. The zero-order valence-corrected chi connectivity index (χ0v) is 11.8. The Kier molecular flexibility index (Phi) is 4.35. The summed E-state index contributed by atoms with van der Waals surface area (Å²) < 4.78 is 11.3. The maximum atomic E-state index is 5.74. The number of anilines is 2. The Hall–Kier alpha value is -2.36. The molecule has 0 saturated heterocycles. The van der Waals surface area contributed by atoms with Crippen LogP contribution in [0.2, 0.25) is 0 Å². The number of nitrogen functional groups attached to an aromatic ring is 2. The van der Waals surface area contributed by atoms with E-state index < -0.39 is 0 Å². The Labute approximate surface area is 119 Å². The fourth-order valence-corrected chi connectivity index (χ4v) is 1.62. The van der Waals surface area contributed by atoms with Crippen molar-refractivity contribution in [3.05, 3.63) is 42.5 Å². The standard InChI is InChI=1S/C16H20N2O2/c1-11(2)10-19-12-3-5-13(6-4-12)20-14-7-8-15(17)16(18)9-14/h3-9,11H,10,17-18H2,1-2H3. The summed E-state index contributed by atoms with van der Waals surface area (Å²) in [5.74, 6) is 2.73. The maximum Gasteiger partial charge on any atom is 0.129 e. The SMILES string of the molecule is CC(C)COc1ccc(Oc2ccc(N)c(N)c2)cc1. The predicted molar refractivity (Wildman–Crippen MR) is 82.1 cm³/mol. The second-order valence-electron chi connectivity index (χ2n) is 5.07. The summed E-state index contributed by atoms with van der Waals surface area (Å²) in [5, 5.41) is 0. The van der Waals surface area contributed by atoms with Gasteiger partial charge < -0.3 is 20.9 Å². The van der Waals surface area contributed by atoms with Gasteiger partial charge in [0.2, 0.25) is 0 Å². The van der Waals surface area contributed by atoms with Gasteiger partial charge in [0.15, 0.2) is 0 Å². The average Bonchev–Trinajstić information content (AvgIpc) is 2.42. The lowest BCUT2D eigenvalue weighted by Gasteiger charge is -2.10. The number of benzene rings is 2. The van der Waals surface area contributed by atoms with E-state index in [4.69, 9.17) is 20.9 Å². The first-order valence-corrected chi connectivity index (χ1v) is 6.60. The van der Waals surface area contributed by atoms with Crippen LogP contribution >= 0.6 is 0 Å². The molecule has 4 heteroatoms. The van der Waals surface area contributed by atoms with Gasteiger partial charge in [0.05, 0.1) is 18.0 Å². The number of nitrogens with two attached hydrogens (primary N) is 2. The van der Waals surface area contributed by atoms with Crippen molar-refractivity contribution >= 4 is 11.4 Å². The predicted octanol–water partition coefficient (Wildman–Crippen LogP) is 3.68. The highest BCUT2D eigenvalue weighted by Gasteiger charge is 2.02. The number of rotatable bonds is 5. The molecule has 2 rings (SSSR count). The molecular formula is C16H20N2O2. The number of ether oxygens (including phenoxy) is 2. The Morgan fingerprint density at radius 1 is 0.850 bits per heavy atom. The van der Waals surface area contributed by atoms with Gasteiger partial charge in [0.25, 0.3) is 0 Å². The molecule has 106 valence electrons. The van der Waals surface area contributed by atoms with Gasteiger partial charge in [-0.25, -0.2) is 0 Å². The van der Waals surface area contributed by atoms with Crippen molar-refractivity contribution in [3.63, 3.8) is 0 Å². The highest BCUT2D eigenvalue weighted by atomic mass is 16.5. The second kappa shape index (κ2) is 6.19. The molecule has 0 radical (unpaired) electrons. The van der Waals surface area contributed by atoms with Gasteiger partial charge >= 0.3 is 0 Å². The molecule has 0 heterocycles. The molecule has 0 aliphatic rings. The van der Waals surface area contributed by atoms with Crippen LogP contribution in [-0.4, -0.2) is 6.61 Å². The van der Waals surface area contributed by atoms with Crippen LogP contribution in [0, 0.1) is 5.92 Å². The second-order valence-corrected chi connectivity index (χ2v) is 5.07. The Balaban J connectivity index is 2.01. The summed E-state index contributed by atoms with van der Waals surface area (Å²) in [6, 6.07) is 12.7. The zero-order valence-electron chi connectivity index (χ0n) is 11.8. The summed E-state index contributed by atoms with van der Waals surface area (Å²) in [6.07, 6.45) is 0. The van der Waals surface area contributed by atoms with E-state index >= 15 is 0 Å². The van der Waals surface area contributed by atoms with Crippen molar-refractivity contribution in [2.24, 2.45) is 5.92 Å². The van der Waals surface area contributed by atoms with Crippen molar-refractivity contribution in [2.45, 2.75) is 13.8 Å². The van der Waals surface area contributed by atoms with Gasteiger partial charge in [-0.2, -0.15) is 0 Å². The molecule has 2 aromatic rings. The minimum atomic E-state index is 0.503. The Morgan fingerprint density at radius 2 is 1.45 bits per heavy atom. The Morgan fingerprint density at radius 3 is 2.05 bits per heavy atom. The van der Waals surface area contributed by atoms with Gasteiger partial charge in [-0.1, -0.05) is 13.8 Å². The molecule has 0 spiro atoms. The van der Waals surface area contributed by atoms with E-state index in [-0.39, 0.29) is 0 Å². The van der Waals surface area contributed by atoms with E-state index in [0.717, 1.165) is 11.5 Å². The molecule has 20 heavy (non-hydrogen) atoms. The molecule has 0 saturated carbocycles. The number of hydrogen-bond donors (Lipinski definition) is 2. The molecule has 2 aromatic carbocycles. The van der Waals surface area contributed by atoms with Crippen LogP contribution in [0.25, 0.3) is 0 Å². The number of hydrogen-bond acceptors (Lipinski definition) is 4. The summed E-state index contributed by atoms with van der Waals surface area (Å²) in [7, 11) is 0. The van der Waals surface area contributed by atoms with Crippen LogP contribution in [0.15, 0.2) is 42.5 Å². The summed E-state index contributed by atoms with van der Waals surface area (Å²) in [6.45, 7) is 4.93. The van der Waals surface area contributed by atoms with Gasteiger partial charge in [-0.05, 0) is 42.3 Å². The van der Waals surface area contributed by atoms with Crippen LogP contribution in [0.5, 0.6) is 17.2 Å². The van der Waals surface area contributed by atoms with Crippen LogP contribution < -0.4 is 20.9 Å². The molecule has 0 atom stereocenters. The lowest BCUT2D eigenvalue weighted by atomic mass is 10.2. The smallest absolute Gasteiger partial charge is 0.129 e. The molecule has 0 unspecified atom stereocenters. The average molecular weight is 272 g/mol. The van der Waals surface area contributed by atoms with Crippen LogP contribution in [0.4, 0.5) is 11.4 Å². The van der Waals surface area contributed by atoms with E-state index in [1.54, 1.807) is 18.2 Å². The first kappa shape index (κ1) is 14.1. The van der Waals surface area contributed by atoms with Crippen LogP contribution in [-0.2, 0) is 0 Å². The van der Waals surface area contributed by atoms with Crippen molar-refractivity contribution in [2.75, 3.05) is 18.1 Å². The van der Waals surface area contributed by atoms with Gasteiger partial charge in [-0.3, -0.25) is 0 Å². The highest BCUT2D eigenvalue weighted by Crippen LogP contribution is 2.27. The van der Waals surface area contributed by atoms with Crippen molar-refractivity contribution in [3.8, 4) is 17.2 Å². The van der Waals surface area contributed by atoms with Gasteiger partial charge in [0, 0.05) is 6.07 Å². The lowest BCUT2D eigenvalue weighted by molar-refractivity contribution is 0.271. The lowest BCUT2D eigenvalue weighted by Crippen LogP contribution is -2.04. The fourth-order valence-electron chi connectivity index (χ4n) is 1.62. The third kappa shape index (κ3) is 3.82. The van der Waals surface area contributed by atoms with Crippen molar-refractivity contribution in [1.29, 1.82) is 0 Å². The van der Waals surface area contributed by atoms with Crippen LogP contribution in [0.3, 0.4) is 0 Å². The highest BCUT2D eigenvalue weighted by molar-refractivity contribution is 5.65. The van der Waals surface area contributed by atoms with Crippen molar-refractivity contribution in [1.82, 2.24) is 0 Å². The quantitative estimate of drug-likeness (QED) is 0.814. The molecule has 0 amide bonds. The van der Waals surface area contributed by atoms with E-state index in [0.29, 0.717) is 29.6 Å². The van der Waals surface area contributed by atoms with E-state index in [1.165, 1.54) is 0 Å². The largest absolute Gasteiger partial charge is 0.493 e. The first-order chi connectivity index (χ1) is 9.54. The third-order valence-electron chi connectivity index (χ3n) is 2.70. The van der Waals surface area contributed by atoms with Gasteiger partial charge in [-0.15, -0.1) is 0 Å². The topological polar surface area (TPSA) is 70.5 Å². The molecule has 0 aliphatic heterocycles. The maximum absolute atomic E-state index is 5.74. The normalized spacial score (nSPS) is 10.6. The Bertz CT molecular complexity index is 565. The van der Waals surface area contributed by atoms with Gasteiger partial charge in [0.1, 0.15) is 17.2 Å². The molecule has 4 N–H and O–H groups in total. The summed E-state index contributed by atoms with van der Waals surface area (Å²) >= 11 is 0. The summed E-state index contributed by atoms with van der Waals surface area (Å²) in [4.78, 5) is 0. The van der Waals surface area contributed by atoms with E-state index in [1.807, 2.05) is 24.3 Å². The zero-order chi connectivity index (χ0) is 14.5. The first-order valence-electron chi connectivity index (χ1n) is 6.60. The fraction of sp³-hybridized carbons (Fsp3) is 0.250. The minimum absolute atomic E-state index is 0.503. The van der Waals surface area contributed by atoms with Crippen molar-refractivity contribution < 1.29 is 9.47 Å². The van der Waals surface area contributed by atoms with E-state index in [9.17, 15) is 0 Å². The monoisotopic (exact) mass is 272 g/mol. The molecular weight excluding hydrogens is 252 g/mol. The summed E-state index contributed by atoms with van der Waals surface area (Å²) in [5.41, 5.74) is 12.5. The van der Waals surface area contributed by atoms with E-state index in [2.05, 4.69) is 13.8 Å². The molecule has 0 bridgehead atoms. The molecule has 0 fully saturated rings. The molecule has 0 aromatic heterocycles. The van der Waals surface area contributed by atoms with Crippen LogP contribution in [0.1, 0.15) is 13.8 Å². The molecule has 4 nitrogen and oxygen atoms in total. The third-order valence-corrected chi connectivity index (χ3v) is 2.70.